The molecule has 0 aromatic heterocycles. The van der Waals surface area contributed by atoms with E-state index in [1.807, 2.05) is 48.5 Å². The van der Waals surface area contributed by atoms with Crippen molar-refractivity contribution < 1.29 is 23.9 Å². The fourth-order valence-electron chi connectivity index (χ4n) is 3.20. The Balaban J connectivity index is 1.73. The smallest absolute Gasteiger partial charge is 0.408 e. The number of hydrogen-bond acceptors (Lipinski definition) is 5. The van der Waals surface area contributed by atoms with Crippen molar-refractivity contribution in [2.45, 2.75) is 18.9 Å². The summed E-state index contributed by atoms with van der Waals surface area (Å²) in [6, 6.07) is 14.6. The zero-order chi connectivity index (χ0) is 18.7. The SMILES string of the molecule is COC(=O)[C@H](NC(=O)OCC1c2ccccc2-c2ccccc21)C(C)=O. The van der Waals surface area contributed by atoms with Crippen molar-refractivity contribution in [1.29, 1.82) is 0 Å². The molecule has 0 heterocycles. The van der Waals surface area contributed by atoms with Crippen LogP contribution in [-0.4, -0.2) is 37.6 Å². The Labute approximate surface area is 151 Å². The number of ether oxygens (including phenoxy) is 2. The Kier molecular flexibility index (Phi) is 5.02. The van der Waals surface area contributed by atoms with E-state index in [0.29, 0.717) is 0 Å². The minimum atomic E-state index is -1.37. The Hall–Kier alpha value is -3.15. The number of rotatable bonds is 5. The molecule has 6 heteroatoms. The molecule has 6 nitrogen and oxygen atoms in total. The summed E-state index contributed by atoms with van der Waals surface area (Å²) in [6.45, 7) is 1.30. The van der Waals surface area contributed by atoms with Gasteiger partial charge in [0.05, 0.1) is 7.11 Å². The monoisotopic (exact) mass is 353 g/mol. The lowest BCUT2D eigenvalue weighted by atomic mass is 9.98. The molecule has 0 unspecified atom stereocenters. The summed E-state index contributed by atoms with van der Waals surface area (Å²) in [5.41, 5.74) is 4.40. The Morgan fingerprint density at radius 3 is 2.04 bits per heavy atom. The molecule has 1 aliphatic rings. The van der Waals surface area contributed by atoms with E-state index in [0.717, 1.165) is 29.4 Å². The van der Waals surface area contributed by atoms with E-state index < -0.39 is 23.9 Å². The second kappa shape index (κ2) is 7.39. The Morgan fingerprint density at radius 2 is 1.54 bits per heavy atom. The van der Waals surface area contributed by atoms with Gasteiger partial charge in [-0.2, -0.15) is 0 Å². The molecule has 0 bridgehead atoms. The summed E-state index contributed by atoms with van der Waals surface area (Å²) in [7, 11) is 1.15. The molecule has 0 saturated heterocycles. The minimum Gasteiger partial charge on any atom is -0.467 e. The van der Waals surface area contributed by atoms with Gasteiger partial charge in [-0.3, -0.25) is 4.79 Å². The van der Waals surface area contributed by atoms with Crippen LogP contribution < -0.4 is 5.32 Å². The summed E-state index contributed by atoms with van der Waals surface area (Å²) in [5, 5.41) is 2.25. The lowest BCUT2D eigenvalue weighted by Crippen LogP contribution is -2.46. The lowest BCUT2D eigenvalue weighted by Gasteiger charge is -2.17. The number of fused-ring (bicyclic) bond motifs is 3. The zero-order valence-corrected chi connectivity index (χ0v) is 14.5. The minimum absolute atomic E-state index is 0.0953. The molecule has 0 spiro atoms. The van der Waals surface area contributed by atoms with Gasteiger partial charge in [0.1, 0.15) is 6.61 Å². The van der Waals surface area contributed by atoms with E-state index in [9.17, 15) is 14.4 Å². The van der Waals surface area contributed by atoms with Gasteiger partial charge in [0.15, 0.2) is 11.8 Å². The first kappa shape index (κ1) is 17.7. The average Bonchev–Trinajstić information content (AvgIpc) is 2.97. The van der Waals surface area contributed by atoms with Crippen molar-refractivity contribution in [3.05, 3.63) is 59.7 Å². The van der Waals surface area contributed by atoms with Gasteiger partial charge < -0.3 is 14.8 Å². The quantitative estimate of drug-likeness (QED) is 0.660. The number of ketones is 1. The maximum atomic E-state index is 12.1. The van der Waals surface area contributed by atoms with E-state index in [1.165, 1.54) is 6.92 Å². The molecule has 1 amide bonds. The van der Waals surface area contributed by atoms with Crippen LogP contribution in [0.1, 0.15) is 24.0 Å². The highest BCUT2D eigenvalue weighted by atomic mass is 16.6. The summed E-state index contributed by atoms with van der Waals surface area (Å²) < 4.78 is 9.82. The third-order valence-corrected chi connectivity index (χ3v) is 4.45. The van der Waals surface area contributed by atoms with E-state index >= 15 is 0 Å². The van der Waals surface area contributed by atoms with Gasteiger partial charge in [-0.25, -0.2) is 9.59 Å². The van der Waals surface area contributed by atoms with E-state index in [-0.39, 0.29) is 12.5 Å². The molecular weight excluding hydrogens is 334 g/mol. The number of benzene rings is 2. The first-order valence-electron chi connectivity index (χ1n) is 8.22. The molecule has 2 aromatic rings. The van der Waals surface area contributed by atoms with Crippen LogP contribution in [0.15, 0.2) is 48.5 Å². The highest BCUT2D eigenvalue weighted by Crippen LogP contribution is 2.44. The van der Waals surface area contributed by atoms with E-state index in [2.05, 4.69) is 10.1 Å². The van der Waals surface area contributed by atoms with Crippen molar-refractivity contribution in [3.8, 4) is 11.1 Å². The third kappa shape index (κ3) is 3.31. The summed E-state index contributed by atoms with van der Waals surface area (Å²) in [6.07, 6.45) is -0.836. The lowest BCUT2D eigenvalue weighted by molar-refractivity contribution is -0.145. The van der Waals surface area contributed by atoms with Crippen LogP contribution in [0.5, 0.6) is 0 Å². The van der Waals surface area contributed by atoms with Crippen LogP contribution in [0.4, 0.5) is 4.79 Å². The van der Waals surface area contributed by atoms with Gasteiger partial charge in [-0.1, -0.05) is 48.5 Å². The van der Waals surface area contributed by atoms with Crippen LogP contribution >= 0.6 is 0 Å². The fourth-order valence-corrected chi connectivity index (χ4v) is 3.20. The molecule has 0 aliphatic heterocycles. The van der Waals surface area contributed by atoms with E-state index in [4.69, 9.17) is 4.74 Å². The first-order valence-corrected chi connectivity index (χ1v) is 8.22. The first-order chi connectivity index (χ1) is 12.5. The highest BCUT2D eigenvalue weighted by molar-refractivity contribution is 6.04. The summed E-state index contributed by atoms with van der Waals surface area (Å²) >= 11 is 0. The molecule has 1 atom stereocenters. The van der Waals surface area contributed by atoms with Gasteiger partial charge in [0.25, 0.3) is 0 Å². The van der Waals surface area contributed by atoms with Crippen molar-refractivity contribution >= 4 is 17.8 Å². The van der Waals surface area contributed by atoms with Crippen LogP contribution in [0.2, 0.25) is 0 Å². The maximum Gasteiger partial charge on any atom is 0.408 e. The summed E-state index contributed by atoms with van der Waals surface area (Å²) in [4.78, 5) is 35.1. The van der Waals surface area contributed by atoms with Crippen LogP contribution in [0.25, 0.3) is 11.1 Å². The van der Waals surface area contributed by atoms with Gasteiger partial charge >= 0.3 is 12.1 Å². The largest absolute Gasteiger partial charge is 0.467 e. The molecule has 3 rings (SSSR count). The molecule has 0 fully saturated rings. The highest BCUT2D eigenvalue weighted by Gasteiger charge is 2.30. The zero-order valence-electron chi connectivity index (χ0n) is 14.5. The summed E-state index contributed by atoms with van der Waals surface area (Å²) in [5.74, 6) is -1.45. The predicted molar refractivity (Wildman–Crippen MR) is 94.7 cm³/mol. The number of carbonyl (C=O) groups is 3. The van der Waals surface area contributed by atoms with Crippen LogP contribution in [0.3, 0.4) is 0 Å². The normalized spacial score (nSPS) is 13.3. The number of Topliss-reactive ketones (excluding diaryl/α,β-unsaturated/α-hetero) is 1. The number of methoxy groups -OCH3 is 1. The molecule has 1 N–H and O–H groups in total. The molecule has 0 radical (unpaired) electrons. The van der Waals surface area contributed by atoms with Crippen molar-refractivity contribution in [1.82, 2.24) is 5.32 Å². The molecule has 0 saturated carbocycles. The van der Waals surface area contributed by atoms with Crippen molar-refractivity contribution in [2.24, 2.45) is 0 Å². The number of hydrogen-bond donors (Lipinski definition) is 1. The molecule has 1 aliphatic carbocycles. The number of carbonyl (C=O) groups excluding carboxylic acids is 3. The molecule has 134 valence electrons. The predicted octanol–water partition coefficient (Wildman–Crippen LogP) is 2.66. The molecule has 2 aromatic carbocycles. The van der Waals surface area contributed by atoms with Gasteiger partial charge in [-0.05, 0) is 29.2 Å². The van der Waals surface area contributed by atoms with Crippen molar-refractivity contribution in [2.75, 3.05) is 13.7 Å². The van der Waals surface area contributed by atoms with Crippen LogP contribution in [0, 0.1) is 0 Å². The Morgan fingerprint density at radius 1 is 1.00 bits per heavy atom. The van der Waals surface area contributed by atoms with E-state index in [1.54, 1.807) is 0 Å². The fraction of sp³-hybridized carbons (Fsp3) is 0.250. The third-order valence-electron chi connectivity index (χ3n) is 4.45. The number of alkyl carbamates (subject to hydrolysis) is 1. The second-order valence-corrected chi connectivity index (χ2v) is 6.04. The Bertz CT molecular complexity index is 815. The molecule has 26 heavy (non-hydrogen) atoms. The topological polar surface area (TPSA) is 81.7 Å². The second-order valence-electron chi connectivity index (χ2n) is 6.04. The van der Waals surface area contributed by atoms with Gasteiger partial charge in [-0.15, -0.1) is 0 Å². The average molecular weight is 353 g/mol. The molecular formula is C20H19NO5. The van der Waals surface area contributed by atoms with Crippen molar-refractivity contribution in [3.63, 3.8) is 0 Å². The standard InChI is InChI=1S/C20H19NO5/c1-12(22)18(19(23)25-2)21-20(24)26-11-17-15-9-5-3-7-13(15)14-8-4-6-10-16(14)17/h3-10,17-18H,11H2,1-2H3,(H,21,24)/t18-/m1/s1. The van der Waals surface area contributed by atoms with Crippen LogP contribution in [-0.2, 0) is 19.1 Å². The number of esters is 1. The number of amides is 1. The van der Waals surface area contributed by atoms with Gasteiger partial charge in [0.2, 0.25) is 0 Å². The number of nitrogens with one attached hydrogen (secondary N) is 1. The van der Waals surface area contributed by atoms with Gasteiger partial charge in [0, 0.05) is 5.92 Å². The maximum absolute atomic E-state index is 12.1.